The lowest BCUT2D eigenvalue weighted by atomic mass is 10.1. The van der Waals surface area contributed by atoms with E-state index in [9.17, 15) is 13.2 Å². The van der Waals surface area contributed by atoms with E-state index in [0.29, 0.717) is 11.5 Å². The van der Waals surface area contributed by atoms with Crippen LogP contribution in [0.4, 0.5) is 0 Å². The molecule has 2 rings (SSSR count). The topological polar surface area (TPSA) is 89.3 Å². The van der Waals surface area contributed by atoms with Crippen molar-refractivity contribution in [3.05, 3.63) is 28.3 Å². The van der Waals surface area contributed by atoms with E-state index in [1.165, 1.54) is 25.0 Å². The summed E-state index contributed by atoms with van der Waals surface area (Å²) in [6.45, 7) is 3.49. The molecule has 0 radical (unpaired) electrons. The molecule has 7 heteroatoms. The Morgan fingerprint density at radius 1 is 1.48 bits per heavy atom. The second-order valence-electron chi connectivity index (χ2n) is 5.68. The average molecular weight is 331 g/mol. The highest BCUT2D eigenvalue weighted by Crippen LogP contribution is 2.33. The van der Waals surface area contributed by atoms with Crippen LogP contribution in [-0.4, -0.2) is 20.4 Å². The van der Waals surface area contributed by atoms with Gasteiger partial charge < -0.3 is 5.32 Å². The van der Waals surface area contributed by atoms with Gasteiger partial charge in [-0.1, -0.05) is 24.4 Å². The third-order valence-electron chi connectivity index (χ3n) is 3.63. The number of carbonyl (C=O) groups excluding carboxylic acids is 1. The number of sulfonamides is 1. The Balaban J connectivity index is 2.22. The van der Waals surface area contributed by atoms with E-state index in [1.807, 2.05) is 6.92 Å². The van der Waals surface area contributed by atoms with Crippen LogP contribution in [0.2, 0.25) is 5.02 Å². The van der Waals surface area contributed by atoms with Crippen LogP contribution in [0, 0.1) is 12.8 Å². The van der Waals surface area contributed by atoms with Gasteiger partial charge in [-0.05, 0) is 43.9 Å². The lowest BCUT2D eigenvalue weighted by Crippen LogP contribution is -2.33. The predicted octanol–water partition coefficient (Wildman–Crippen LogP) is 2.21. The molecule has 0 heterocycles. The number of benzene rings is 1. The number of hydrogen-bond acceptors (Lipinski definition) is 3. The Hall–Kier alpha value is -1.11. The molecule has 1 aromatic carbocycles. The molecule has 0 saturated heterocycles. The standard InChI is InChI=1S/C14H19ClN2O3S/c1-8(5-10-3-4-10)17-14(18)11-6-12(15)9(2)13(7-11)21(16,19)20/h6-8,10H,3-5H2,1-2H3,(H,17,18)(H2,16,19,20). The highest BCUT2D eigenvalue weighted by molar-refractivity contribution is 7.89. The van der Waals surface area contributed by atoms with E-state index >= 15 is 0 Å². The van der Waals surface area contributed by atoms with Gasteiger partial charge >= 0.3 is 0 Å². The van der Waals surface area contributed by atoms with Crippen LogP contribution in [0.15, 0.2) is 17.0 Å². The van der Waals surface area contributed by atoms with Crippen LogP contribution in [-0.2, 0) is 10.0 Å². The first-order chi connectivity index (χ1) is 9.68. The van der Waals surface area contributed by atoms with Gasteiger partial charge in [-0.2, -0.15) is 0 Å². The van der Waals surface area contributed by atoms with Gasteiger partial charge in [-0.25, -0.2) is 13.6 Å². The van der Waals surface area contributed by atoms with Crippen molar-refractivity contribution in [3.8, 4) is 0 Å². The van der Waals surface area contributed by atoms with Crippen molar-refractivity contribution in [1.29, 1.82) is 0 Å². The van der Waals surface area contributed by atoms with Gasteiger partial charge in [0.15, 0.2) is 0 Å². The average Bonchev–Trinajstić information content (AvgIpc) is 3.14. The molecule has 0 aromatic heterocycles. The summed E-state index contributed by atoms with van der Waals surface area (Å²) in [5.41, 5.74) is 0.555. The molecular weight excluding hydrogens is 312 g/mol. The van der Waals surface area contributed by atoms with Gasteiger partial charge in [-0.3, -0.25) is 4.79 Å². The minimum atomic E-state index is -3.91. The van der Waals surface area contributed by atoms with E-state index in [1.54, 1.807) is 6.92 Å². The highest BCUT2D eigenvalue weighted by Gasteiger charge is 2.25. The van der Waals surface area contributed by atoms with Gasteiger partial charge in [-0.15, -0.1) is 0 Å². The fourth-order valence-electron chi connectivity index (χ4n) is 2.30. The first kappa shape index (κ1) is 16.3. The zero-order chi connectivity index (χ0) is 15.8. The number of primary sulfonamides is 1. The molecule has 1 aliphatic carbocycles. The van der Waals surface area contributed by atoms with Crippen molar-refractivity contribution in [2.24, 2.45) is 11.1 Å². The minimum Gasteiger partial charge on any atom is -0.350 e. The number of nitrogens with one attached hydrogen (secondary N) is 1. The molecule has 116 valence electrons. The van der Waals surface area contributed by atoms with Crippen LogP contribution in [0.3, 0.4) is 0 Å². The molecule has 1 aliphatic rings. The summed E-state index contributed by atoms with van der Waals surface area (Å²) in [7, 11) is -3.91. The maximum absolute atomic E-state index is 12.2. The molecule has 1 fully saturated rings. The summed E-state index contributed by atoms with van der Waals surface area (Å²) >= 11 is 6.00. The van der Waals surface area contributed by atoms with Gasteiger partial charge in [0, 0.05) is 16.6 Å². The summed E-state index contributed by atoms with van der Waals surface area (Å²) in [5.74, 6) is 0.358. The molecule has 3 N–H and O–H groups in total. The van der Waals surface area contributed by atoms with Gasteiger partial charge in [0.1, 0.15) is 0 Å². The van der Waals surface area contributed by atoms with E-state index in [0.717, 1.165) is 6.42 Å². The van der Waals surface area contributed by atoms with Gasteiger partial charge in [0.25, 0.3) is 5.91 Å². The molecule has 21 heavy (non-hydrogen) atoms. The van der Waals surface area contributed by atoms with E-state index in [2.05, 4.69) is 5.32 Å². The van der Waals surface area contributed by atoms with Crippen LogP contribution < -0.4 is 10.5 Å². The summed E-state index contributed by atoms with van der Waals surface area (Å²) in [5, 5.41) is 8.22. The predicted molar refractivity (Wildman–Crippen MR) is 81.8 cm³/mol. The smallest absolute Gasteiger partial charge is 0.251 e. The fraction of sp³-hybridized carbons (Fsp3) is 0.500. The van der Waals surface area contributed by atoms with Crippen molar-refractivity contribution < 1.29 is 13.2 Å². The maximum Gasteiger partial charge on any atom is 0.251 e. The molecule has 1 aromatic rings. The second kappa shape index (κ2) is 5.94. The third kappa shape index (κ3) is 4.18. The molecule has 1 saturated carbocycles. The Labute approximate surface area is 129 Å². The monoisotopic (exact) mass is 330 g/mol. The summed E-state index contributed by atoms with van der Waals surface area (Å²) in [4.78, 5) is 12.1. The Bertz CT molecular complexity index is 669. The van der Waals surface area contributed by atoms with Crippen molar-refractivity contribution >= 4 is 27.5 Å². The first-order valence-corrected chi connectivity index (χ1v) is 8.74. The molecular formula is C14H19ClN2O3S. The zero-order valence-electron chi connectivity index (χ0n) is 12.0. The Kier molecular flexibility index (Phi) is 4.60. The SMILES string of the molecule is Cc1c(Cl)cc(C(=O)NC(C)CC2CC2)cc1S(N)(=O)=O. The first-order valence-electron chi connectivity index (χ1n) is 6.82. The molecule has 5 nitrogen and oxygen atoms in total. The number of carbonyl (C=O) groups is 1. The molecule has 1 unspecified atom stereocenters. The van der Waals surface area contributed by atoms with E-state index in [-0.39, 0.29) is 27.4 Å². The van der Waals surface area contributed by atoms with E-state index in [4.69, 9.17) is 16.7 Å². The van der Waals surface area contributed by atoms with Crippen molar-refractivity contribution in [2.75, 3.05) is 0 Å². The number of hydrogen-bond donors (Lipinski definition) is 2. The van der Waals surface area contributed by atoms with Crippen molar-refractivity contribution in [2.45, 2.75) is 44.0 Å². The van der Waals surface area contributed by atoms with E-state index < -0.39 is 10.0 Å². The second-order valence-corrected chi connectivity index (χ2v) is 7.62. The van der Waals surface area contributed by atoms with Crippen LogP contribution in [0.25, 0.3) is 0 Å². The molecule has 0 bridgehead atoms. The summed E-state index contributed by atoms with van der Waals surface area (Å²) in [6.07, 6.45) is 3.37. The minimum absolute atomic E-state index is 0.0445. The molecule has 0 aliphatic heterocycles. The quantitative estimate of drug-likeness (QED) is 0.867. The van der Waals surface area contributed by atoms with Crippen LogP contribution in [0.1, 0.15) is 42.1 Å². The highest BCUT2D eigenvalue weighted by atomic mass is 35.5. The number of halogens is 1. The number of amides is 1. The van der Waals surface area contributed by atoms with Gasteiger partial charge in [0.2, 0.25) is 10.0 Å². The van der Waals surface area contributed by atoms with Crippen molar-refractivity contribution in [3.63, 3.8) is 0 Å². The molecule has 1 amide bonds. The molecule has 1 atom stereocenters. The third-order valence-corrected chi connectivity index (χ3v) is 5.06. The lowest BCUT2D eigenvalue weighted by Gasteiger charge is -2.15. The number of nitrogens with two attached hydrogens (primary N) is 1. The molecule has 0 spiro atoms. The zero-order valence-corrected chi connectivity index (χ0v) is 13.6. The number of rotatable bonds is 5. The van der Waals surface area contributed by atoms with Crippen LogP contribution in [0.5, 0.6) is 0 Å². The maximum atomic E-state index is 12.2. The van der Waals surface area contributed by atoms with Gasteiger partial charge in [0.05, 0.1) is 4.90 Å². The normalized spacial score (nSPS) is 16.6. The van der Waals surface area contributed by atoms with Crippen molar-refractivity contribution in [1.82, 2.24) is 5.32 Å². The summed E-state index contributed by atoms with van der Waals surface area (Å²) < 4.78 is 23.1. The Morgan fingerprint density at radius 2 is 2.10 bits per heavy atom. The Morgan fingerprint density at radius 3 is 2.62 bits per heavy atom. The fourth-order valence-corrected chi connectivity index (χ4v) is 3.40. The lowest BCUT2D eigenvalue weighted by molar-refractivity contribution is 0.0937. The summed E-state index contributed by atoms with van der Waals surface area (Å²) in [6, 6.07) is 2.78. The van der Waals surface area contributed by atoms with Crippen LogP contribution >= 0.6 is 11.6 Å². The largest absolute Gasteiger partial charge is 0.350 e.